The van der Waals surface area contributed by atoms with E-state index in [1.807, 2.05) is 12.3 Å². The first-order valence-corrected chi connectivity index (χ1v) is 7.46. The van der Waals surface area contributed by atoms with Crippen LogP contribution in [0.15, 0.2) is 5.38 Å². The summed E-state index contributed by atoms with van der Waals surface area (Å²) in [7, 11) is 0. The molecule has 1 unspecified atom stereocenters. The molecule has 1 aromatic heterocycles. The molecule has 1 aliphatic carbocycles. The monoisotopic (exact) mass is 283 g/mol. The van der Waals surface area contributed by atoms with Gasteiger partial charge in [0.25, 0.3) is 0 Å². The summed E-state index contributed by atoms with van der Waals surface area (Å²) >= 11 is 6.40. The molecule has 2 rings (SSSR count). The van der Waals surface area contributed by atoms with Crippen LogP contribution in [0.2, 0.25) is 0 Å². The van der Waals surface area contributed by atoms with E-state index in [4.69, 9.17) is 18.0 Å². The van der Waals surface area contributed by atoms with E-state index in [2.05, 4.69) is 10.3 Å². The Kier molecular flexibility index (Phi) is 4.29. The van der Waals surface area contributed by atoms with Crippen LogP contribution < -0.4 is 11.1 Å². The number of hydrogen-bond donors (Lipinski definition) is 2. The zero-order valence-electron chi connectivity index (χ0n) is 10.3. The minimum atomic E-state index is -0.390. The van der Waals surface area contributed by atoms with Gasteiger partial charge in [-0.3, -0.25) is 4.79 Å². The maximum absolute atomic E-state index is 12.0. The van der Waals surface area contributed by atoms with E-state index in [9.17, 15) is 4.79 Å². The van der Waals surface area contributed by atoms with Crippen molar-refractivity contribution in [2.75, 3.05) is 5.32 Å². The molecule has 1 aromatic rings. The number of amides is 1. The van der Waals surface area contributed by atoms with E-state index in [0.717, 1.165) is 12.1 Å². The lowest BCUT2D eigenvalue weighted by molar-refractivity contribution is -0.118. The summed E-state index contributed by atoms with van der Waals surface area (Å²) in [5.41, 5.74) is 6.69. The number of nitrogens with two attached hydrogens (primary N) is 1. The van der Waals surface area contributed by atoms with Crippen molar-refractivity contribution in [3.8, 4) is 0 Å². The number of rotatable bonds is 6. The maximum Gasteiger partial charge on any atom is 0.236 e. The second-order valence-corrected chi connectivity index (χ2v) is 5.91. The molecule has 0 aliphatic heterocycles. The van der Waals surface area contributed by atoms with Crippen LogP contribution in [0.3, 0.4) is 0 Å². The first-order valence-electron chi connectivity index (χ1n) is 6.17. The summed E-state index contributed by atoms with van der Waals surface area (Å²) in [5, 5.41) is 5.48. The highest BCUT2D eigenvalue weighted by Crippen LogP contribution is 2.40. The Labute approximate surface area is 116 Å². The molecule has 0 spiro atoms. The van der Waals surface area contributed by atoms with Crippen molar-refractivity contribution in [2.45, 2.75) is 38.5 Å². The number of thiocarbonyl (C=S) groups is 1. The summed E-state index contributed by atoms with van der Waals surface area (Å²) in [6.45, 7) is 2.01. The van der Waals surface area contributed by atoms with E-state index in [-0.39, 0.29) is 10.9 Å². The minimum Gasteiger partial charge on any atom is -0.393 e. The molecular formula is C12H17N3OS2. The number of carbonyl (C=O) groups is 1. The van der Waals surface area contributed by atoms with E-state index < -0.39 is 5.92 Å². The SMILES string of the molecule is CCCC(C(=O)Nc1nc(C2CC2)cs1)C(N)=S. The Bertz CT molecular complexity index is 454. The van der Waals surface area contributed by atoms with Gasteiger partial charge in [-0.25, -0.2) is 4.98 Å². The van der Waals surface area contributed by atoms with Gasteiger partial charge in [0.15, 0.2) is 5.13 Å². The fraction of sp³-hybridized carbons (Fsp3) is 0.583. The Morgan fingerprint density at radius 3 is 3.00 bits per heavy atom. The molecular weight excluding hydrogens is 266 g/mol. The molecule has 98 valence electrons. The lowest BCUT2D eigenvalue weighted by Crippen LogP contribution is -2.33. The van der Waals surface area contributed by atoms with E-state index in [1.54, 1.807) is 0 Å². The molecule has 1 aliphatic rings. The van der Waals surface area contributed by atoms with Crippen molar-refractivity contribution in [3.05, 3.63) is 11.1 Å². The molecule has 1 atom stereocenters. The molecule has 4 nitrogen and oxygen atoms in total. The second kappa shape index (κ2) is 5.75. The first-order chi connectivity index (χ1) is 8.61. The lowest BCUT2D eigenvalue weighted by Gasteiger charge is -2.12. The molecule has 0 radical (unpaired) electrons. The second-order valence-electron chi connectivity index (χ2n) is 4.58. The van der Waals surface area contributed by atoms with Crippen molar-refractivity contribution < 1.29 is 4.79 Å². The lowest BCUT2D eigenvalue weighted by atomic mass is 10.0. The predicted octanol–water partition coefficient (Wildman–Crippen LogP) is 2.66. The summed E-state index contributed by atoms with van der Waals surface area (Å²) in [5.74, 6) is 0.0771. The van der Waals surface area contributed by atoms with Gasteiger partial charge in [-0.15, -0.1) is 11.3 Å². The Morgan fingerprint density at radius 2 is 2.44 bits per heavy atom. The van der Waals surface area contributed by atoms with Gasteiger partial charge in [-0.1, -0.05) is 25.6 Å². The van der Waals surface area contributed by atoms with E-state index >= 15 is 0 Å². The largest absolute Gasteiger partial charge is 0.393 e. The van der Waals surface area contributed by atoms with E-state index in [1.165, 1.54) is 24.2 Å². The number of hydrogen-bond acceptors (Lipinski definition) is 4. The highest BCUT2D eigenvalue weighted by Gasteiger charge is 2.27. The average Bonchev–Trinajstić information content (AvgIpc) is 3.07. The van der Waals surface area contributed by atoms with Crippen LogP contribution in [0.1, 0.15) is 44.2 Å². The molecule has 1 saturated carbocycles. The highest BCUT2D eigenvalue weighted by atomic mass is 32.1. The van der Waals surface area contributed by atoms with Crippen LogP contribution in [0.4, 0.5) is 5.13 Å². The zero-order chi connectivity index (χ0) is 13.1. The van der Waals surface area contributed by atoms with Crippen LogP contribution >= 0.6 is 23.6 Å². The molecule has 1 fully saturated rings. The van der Waals surface area contributed by atoms with Crippen molar-refractivity contribution in [2.24, 2.45) is 11.7 Å². The fourth-order valence-electron chi connectivity index (χ4n) is 1.79. The predicted molar refractivity (Wildman–Crippen MR) is 77.9 cm³/mol. The van der Waals surface area contributed by atoms with Gasteiger partial charge in [0.1, 0.15) is 0 Å². The summed E-state index contributed by atoms with van der Waals surface area (Å²) in [4.78, 5) is 16.7. The summed E-state index contributed by atoms with van der Waals surface area (Å²) in [6.07, 6.45) is 3.98. The Morgan fingerprint density at radius 1 is 1.72 bits per heavy atom. The Hall–Kier alpha value is -1.01. The number of nitrogens with zero attached hydrogens (tertiary/aromatic N) is 1. The third-order valence-corrected chi connectivity index (χ3v) is 4.05. The number of thiazole rings is 1. The normalized spacial score (nSPS) is 16.3. The first kappa shape index (κ1) is 13.4. The topological polar surface area (TPSA) is 68.0 Å². The van der Waals surface area contributed by atoms with Crippen molar-refractivity contribution in [1.82, 2.24) is 4.98 Å². The third kappa shape index (κ3) is 3.26. The number of carbonyl (C=O) groups excluding carboxylic acids is 1. The quantitative estimate of drug-likeness (QED) is 0.788. The molecule has 1 amide bonds. The van der Waals surface area contributed by atoms with Gasteiger partial charge in [-0.2, -0.15) is 0 Å². The Balaban J connectivity index is 1.97. The summed E-state index contributed by atoms with van der Waals surface area (Å²) in [6, 6.07) is 0. The van der Waals surface area contributed by atoms with Crippen molar-refractivity contribution in [3.63, 3.8) is 0 Å². The van der Waals surface area contributed by atoms with Gasteiger partial charge in [-0.05, 0) is 19.3 Å². The van der Waals surface area contributed by atoms with Crippen molar-refractivity contribution >= 4 is 39.6 Å². The number of anilines is 1. The van der Waals surface area contributed by atoms with Crippen molar-refractivity contribution in [1.29, 1.82) is 0 Å². The summed E-state index contributed by atoms with van der Waals surface area (Å²) < 4.78 is 0. The van der Waals surface area contributed by atoms with E-state index in [0.29, 0.717) is 17.5 Å². The van der Waals surface area contributed by atoms with Gasteiger partial charge >= 0.3 is 0 Å². The fourth-order valence-corrected chi connectivity index (χ4v) is 2.81. The number of aromatic nitrogens is 1. The van der Waals surface area contributed by atoms with Gasteiger partial charge in [0.05, 0.1) is 16.6 Å². The highest BCUT2D eigenvalue weighted by molar-refractivity contribution is 7.80. The van der Waals surface area contributed by atoms with Gasteiger partial charge < -0.3 is 11.1 Å². The molecule has 18 heavy (non-hydrogen) atoms. The van der Waals surface area contributed by atoms with Crippen LogP contribution in [-0.2, 0) is 4.79 Å². The molecule has 0 aromatic carbocycles. The van der Waals surface area contributed by atoms with Crippen LogP contribution in [-0.4, -0.2) is 15.9 Å². The number of nitrogens with one attached hydrogen (secondary N) is 1. The zero-order valence-corrected chi connectivity index (χ0v) is 11.9. The van der Waals surface area contributed by atoms with Gasteiger partial charge in [0, 0.05) is 11.3 Å². The van der Waals surface area contributed by atoms with Gasteiger partial charge in [0.2, 0.25) is 5.91 Å². The molecule has 3 N–H and O–H groups in total. The molecule has 0 saturated heterocycles. The third-order valence-electron chi connectivity index (χ3n) is 2.98. The minimum absolute atomic E-state index is 0.138. The van der Waals surface area contributed by atoms with Crippen LogP contribution in [0, 0.1) is 5.92 Å². The maximum atomic E-state index is 12.0. The molecule has 6 heteroatoms. The standard InChI is InChI=1S/C12H17N3OS2/c1-2-3-8(10(13)17)11(16)15-12-14-9(6-18-12)7-4-5-7/h6-8H,2-5H2,1H3,(H2,13,17)(H,14,15,16). The molecule has 0 bridgehead atoms. The van der Waals surface area contributed by atoms with Crippen LogP contribution in [0.5, 0.6) is 0 Å². The average molecular weight is 283 g/mol. The molecule has 1 heterocycles. The smallest absolute Gasteiger partial charge is 0.236 e. The van der Waals surface area contributed by atoms with Crippen LogP contribution in [0.25, 0.3) is 0 Å².